The summed E-state index contributed by atoms with van der Waals surface area (Å²) < 4.78 is 1.77. The molecule has 0 spiro atoms. The molecule has 2 heterocycles. The molecule has 2 aromatic heterocycles. The number of hydrogen-bond donors (Lipinski definition) is 0. The molecule has 26 heavy (non-hydrogen) atoms. The lowest BCUT2D eigenvalue weighted by molar-refractivity contribution is 0.0993. The van der Waals surface area contributed by atoms with Gasteiger partial charge in [-0.05, 0) is 61.6 Å². The first-order valence-corrected chi connectivity index (χ1v) is 8.95. The summed E-state index contributed by atoms with van der Waals surface area (Å²) >= 11 is 0. The van der Waals surface area contributed by atoms with Gasteiger partial charge in [0.2, 0.25) is 0 Å². The van der Waals surface area contributed by atoms with Crippen molar-refractivity contribution in [1.82, 2.24) is 9.55 Å². The maximum Gasteiger partial charge on any atom is 0.258 e. The zero-order chi connectivity index (χ0) is 18.3. The van der Waals surface area contributed by atoms with Gasteiger partial charge in [0, 0.05) is 48.7 Å². The Morgan fingerprint density at radius 3 is 2.58 bits per heavy atom. The van der Waals surface area contributed by atoms with Gasteiger partial charge >= 0.3 is 0 Å². The van der Waals surface area contributed by atoms with Crippen molar-refractivity contribution in [1.29, 1.82) is 0 Å². The number of hydrogen-bond acceptors (Lipinski definition) is 3. The van der Waals surface area contributed by atoms with Gasteiger partial charge in [0.25, 0.3) is 11.5 Å². The minimum atomic E-state index is -0.0749. The van der Waals surface area contributed by atoms with Gasteiger partial charge in [-0.3, -0.25) is 14.6 Å². The maximum absolute atomic E-state index is 12.9. The number of carbonyl (C=O) groups is 1. The summed E-state index contributed by atoms with van der Waals surface area (Å²) in [7, 11) is 1.76. The van der Waals surface area contributed by atoms with Gasteiger partial charge in [0.15, 0.2) is 0 Å². The molecule has 1 aromatic carbocycles. The number of pyridine rings is 2. The Kier molecular flexibility index (Phi) is 4.07. The molecule has 0 radical (unpaired) electrons. The van der Waals surface area contributed by atoms with E-state index in [2.05, 4.69) is 4.98 Å². The summed E-state index contributed by atoms with van der Waals surface area (Å²) in [5.41, 5.74) is 3.45. The second-order valence-corrected chi connectivity index (χ2v) is 6.76. The number of fused-ring (bicyclic) bond motifs is 1. The van der Waals surface area contributed by atoms with Crippen molar-refractivity contribution in [3.8, 4) is 0 Å². The number of aromatic nitrogens is 2. The van der Waals surface area contributed by atoms with Crippen LogP contribution in [-0.2, 0) is 6.54 Å². The molecular formula is C21H21N3O2. The third-order valence-electron chi connectivity index (χ3n) is 5.08. The Labute approximate surface area is 151 Å². The van der Waals surface area contributed by atoms with E-state index in [0.717, 1.165) is 35.0 Å². The molecule has 0 aliphatic heterocycles. The van der Waals surface area contributed by atoms with Gasteiger partial charge in [0.05, 0.1) is 5.52 Å². The SMILES string of the molecule is CCn1c(=O)cc(C2CC2)c2cc(C(=O)N(C)c3ccncc3)ccc21. The highest BCUT2D eigenvalue weighted by atomic mass is 16.2. The van der Waals surface area contributed by atoms with Crippen LogP contribution in [-0.4, -0.2) is 22.5 Å². The van der Waals surface area contributed by atoms with Gasteiger partial charge in [-0.15, -0.1) is 0 Å². The molecule has 5 nitrogen and oxygen atoms in total. The molecule has 1 aliphatic rings. The van der Waals surface area contributed by atoms with Crippen LogP contribution >= 0.6 is 0 Å². The van der Waals surface area contributed by atoms with Crippen molar-refractivity contribution >= 4 is 22.5 Å². The van der Waals surface area contributed by atoms with Crippen LogP contribution in [0.4, 0.5) is 5.69 Å². The van der Waals surface area contributed by atoms with Gasteiger partial charge in [-0.2, -0.15) is 0 Å². The van der Waals surface area contributed by atoms with Gasteiger partial charge < -0.3 is 9.47 Å². The van der Waals surface area contributed by atoms with E-state index >= 15 is 0 Å². The molecular weight excluding hydrogens is 326 g/mol. The predicted molar refractivity (Wildman–Crippen MR) is 103 cm³/mol. The molecule has 0 atom stereocenters. The van der Waals surface area contributed by atoms with Crippen molar-refractivity contribution in [3.63, 3.8) is 0 Å². The minimum Gasteiger partial charge on any atom is -0.311 e. The fraction of sp³-hybridized carbons (Fsp3) is 0.286. The molecule has 1 saturated carbocycles. The number of carbonyl (C=O) groups excluding carboxylic acids is 1. The van der Waals surface area contributed by atoms with Crippen LogP contribution in [0.25, 0.3) is 10.9 Å². The standard InChI is InChI=1S/C21H21N3O2/c1-3-24-19-7-6-15(21(26)23(2)16-8-10-22-11-9-16)12-18(19)17(13-20(24)25)14-4-5-14/h6-14H,3-5H2,1-2H3. The van der Waals surface area contributed by atoms with Gasteiger partial charge in [-0.1, -0.05) is 0 Å². The summed E-state index contributed by atoms with van der Waals surface area (Å²) in [6.45, 7) is 2.58. The Bertz CT molecular complexity index is 1040. The molecule has 0 bridgehead atoms. The molecule has 1 fully saturated rings. The highest BCUT2D eigenvalue weighted by Crippen LogP contribution is 2.42. The topological polar surface area (TPSA) is 55.2 Å². The Hall–Kier alpha value is -2.95. The number of anilines is 1. The molecule has 132 valence electrons. The lowest BCUT2D eigenvalue weighted by Crippen LogP contribution is -2.26. The van der Waals surface area contributed by atoms with Crippen LogP contribution in [0.1, 0.15) is 41.6 Å². The van der Waals surface area contributed by atoms with Crippen LogP contribution < -0.4 is 10.5 Å². The Morgan fingerprint density at radius 1 is 1.19 bits per heavy atom. The third kappa shape index (κ3) is 2.79. The van der Waals surface area contributed by atoms with E-state index in [-0.39, 0.29) is 11.5 Å². The lowest BCUT2D eigenvalue weighted by Gasteiger charge is -2.18. The average molecular weight is 347 g/mol. The monoisotopic (exact) mass is 347 g/mol. The smallest absolute Gasteiger partial charge is 0.258 e. The highest BCUT2D eigenvalue weighted by molar-refractivity contribution is 6.07. The molecule has 1 aliphatic carbocycles. The minimum absolute atomic E-state index is 0.0369. The molecule has 0 saturated heterocycles. The van der Waals surface area contributed by atoms with E-state index < -0.39 is 0 Å². The van der Waals surface area contributed by atoms with Gasteiger partial charge in [-0.25, -0.2) is 0 Å². The predicted octanol–water partition coefficient (Wildman–Crippen LogP) is 3.57. The Morgan fingerprint density at radius 2 is 1.92 bits per heavy atom. The molecule has 1 amide bonds. The number of amides is 1. The molecule has 0 unspecified atom stereocenters. The highest BCUT2D eigenvalue weighted by Gasteiger charge is 2.27. The third-order valence-corrected chi connectivity index (χ3v) is 5.08. The van der Waals surface area contributed by atoms with E-state index in [1.165, 1.54) is 0 Å². The van der Waals surface area contributed by atoms with Crippen LogP contribution in [0.5, 0.6) is 0 Å². The summed E-state index contributed by atoms with van der Waals surface area (Å²) in [5, 5.41) is 1.02. The largest absolute Gasteiger partial charge is 0.311 e. The van der Waals surface area contributed by atoms with Crippen molar-refractivity contribution in [2.24, 2.45) is 0 Å². The maximum atomic E-state index is 12.9. The van der Waals surface area contributed by atoms with Gasteiger partial charge in [0.1, 0.15) is 0 Å². The number of nitrogens with zero attached hydrogens (tertiary/aromatic N) is 3. The first-order valence-electron chi connectivity index (χ1n) is 8.95. The summed E-state index contributed by atoms with van der Waals surface area (Å²) in [5.74, 6) is 0.370. The summed E-state index contributed by atoms with van der Waals surface area (Å²) in [6, 6.07) is 11.0. The summed E-state index contributed by atoms with van der Waals surface area (Å²) in [6.07, 6.45) is 5.56. The van der Waals surface area contributed by atoms with Crippen LogP contribution in [0, 0.1) is 0 Å². The fourth-order valence-corrected chi connectivity index (χ4v) is 3.48. The fourth-order valence-electron chi connectivity index (χ4n) is 3.48. The molecule has 3 aromatic rings. The zero-order valence-electron chi connectivity index (χ0n) is 15.0. The van der Waals surface area contributed by atoms with E-state index in [1.54, 1.807) is 35.0 Å². The van der Waals surface area contributed by atoms with E-state index in [0.29, 0.717) is 18.0 Å². The second kappa shape index (κ2) is 6.41. The molecule has 5 heteroatoms. The van der Waals surface area contributed by atoms with E-state index in [1.807, 2.05) is 37.3 Å². The number of aryl methyl sites for hydroxylation is 1. The van der Waals surface area contributed by atoms with E-state index in [4.69, 9.17) is 0 Å². The second-order valence-electron chi connectivity index (χ2n) is 6.76. The van der Waals surface area contributed by atoms with E-state index in [9.17, 15) is 9.59 Å². The quantitative estimate of drug-likeness (QED) is 0.725. The first-order chi connectivity index (χ1) is 12.6. The van der Waals surface area contributed by atoms with Crippen molar-refractivity contribution in [3.05, 3.63) is 70.3 Å². The van der Waals surface area contributed by atoms with Crippen LogP contribution in [0.2, 0.25) is 0 Å². The molecule has 0 N–H and O–H groups in total. The molecule has 4 rings (SSSR count). The summed E-state index contributed by atoms with van der Waals surface area (Å²) in [4.78, 5) is 31.0. The van der Waals surface area contributed by atoms with Crippen molar-refractivity contribution in [2.75, 3.05) is 11.9 Å². The lowest BCUT2D eigenvalue weighted by atomic mass is 10.0. The number of benzene rings is 1. The van der Waals surface area contributed by atoms with Crippen LogP contribution in [0.15, 0.2) is 53.6 Å². The zero-order valence-corrected chi connectivity index (χ0v) is 15.0. The average Bonchev–Trinajstić information content (AvgIpc) is 3.52. The van der Waals surface area contributed by atoms with Crippen LogP contribution in [0.3, 0.4) is 0 Å². The number of rotatable bonds is 4. The van der Waals surface area contributed by atoms with Crippen molar-refractivity contribution < 1.29 is 4.79 Å². The van der Waals surface area contributed by atoms with Crippen molar-refractivity contribution in [2.45, 2.75) is 32.2 Å². The normalized spacial score (nSPS) is 13.8. The Balaban J connectivity index is 1.82. The first kappa shape index (κ1) is 16.5.